The van der Waals surface area contributed by atoms with Crippen LogP contribution in [0.1, 0.15) is 193 Å². The molecule has 1 aliphatic rings. The normalized spacial score (nSPS) is 14.0. The van der Waals surface area contributed by atoms with E-state index in [2.05, 4.69) is 72.6 Å². The van der Waals surface area contributed by atoms with Crippen molar-refractivity contribution in [2.75, 3.05) is 55.1 Å². The van der Waals surface area contributed by atoms with E-state index in [4.69, 9.17) is 38.6 Å². The lowest BCUT2D eigenvalue weighted by atomic mass is 10.0. The van der Waals surface area contributed by atoms with Gasteiger partial charge in [-0.3, -0.25) is 0 Å². The Bertz CT molecular complexity index is 2850. The van der Waals surface area contributed by atoms with Crippen molar-refractivity contribution in [1.29, 1.82) is 0 Å². The van der Waals surface area contributed by atoms with Gasteiger partial charge < -0.3 is 39.2 Å². The van der Waals surface area contributed by atoms with Gasteiger partial charge in [0.05, 0.1) is 71.4 Å². The first-order valence-electron chi connectivity index (χ1n) is 30.1. The maximum Gasteiger partial charge on any atom is 0.338 e. The van der Waals surface area contributed by atoms with E-state index in [1.165, 1.54) is 12.1 Å². The second kappa shape index (κ2) is 34.7. The van der Waals surface area contributed by atoms with E-state index in [0.717, 1.165) is 83.5 Å². The molecule has 0 spiro atoms. The van der Waals surface area contributed by atoms with Crippen molar-refractivity contribution in [2.24, 2.45) is 32.3 Å². The molecule has 0 amide bonds. The minimum Gasteiger partial charge on any atom is -0.462 e. The second-order valence-electron chi connectivity index (χ2n) is 21.0. The monoisotopic (exact) mass is 1140 g/mol. The molecule has 1 aromatic heterocycles. The van der Waals surface area contributed by atoms with Crippen molar-refractivity contribution in [1.82, 2.24) is 15.0 Å². The van der Waals surface area contributed by atoms with Gasteiger partial charge in [0.15, 0.2) is 0 Å². The fraction of sp³-hybridized carbons (Fsp3) is 0.516. The van der Waals surface area contributed by atoms with Crippen LogP contribution in [0.25, 0.3) is 0 Å². The fourth-order valence-corrected chi connectivity index (χ4v) is 9.16. The SMILES string of the molecule is CCCCC(CC)COC(=O)c1cc(N=Nc2ccc(Nc3nc(Nc4ccc(N=Nc5cc(C(=O)OC(CC)CCCC)cc(C(=O)OC(CC)CCCC)c5)cc4)nc(N4CCOCC4)n3)cc2)cc(C(=O)OCC(CC)CCC)c1. The number of nitrogens with zero attached hydrogens (tertiary/aromatic N) is 8. The third kappa shape index (κ3) is 21.2. The summed E-state index contributed by atoms with van der Waals surface area (Å²) in [5, 5.41) is 24.4. The number of carbonyl (C=O) groups is 4. The highest BCUT2D eigenvalue weighted by Gasteiger charge is 2.23. The average molecular weight is 1140 g/mol. The summed E-state index contributed by atoms with van der Waals surface area (Å²) in [5.41, 5.74) is 3.74. The molecule has 4 unspecified atom stereocenters. The summed E-state index contributed by atoms with van der Waals surface area (Å²) in [6, 6.07) is 23.6. The molecule has 83 heavy (non-hydrogen) atoms. The number of rotatable bonds is 34. The first-order chi connectivity index (χ1) is 40.4. The number of aromatic nitrogens is 3. The van der Waals surface area contributed by atoms with Crippen molar-refractivity contribution in [3.63, 3.8) is 0 Å². The third-order valence-corrected chi connectivity index (χ3v) is 14.4. The van der Waals surface area contributed by atoms with Crippen LogP contribution >= 0.6 is 0 Å². The van der Waals surface area contributed by atoms with Crippen LogP contribution in [0.15, 0.2) is 105 Å². The van der Waals surface area contributed by atoms with Crippen LogP contribution in [0.3, 0.4) is 0 Å². The van der Waals surface area contributed by atoms with Crippen LogP contribution in [0.5, 0.6) is 0 Å². The molecule has 0 radical (unpaired) electrons. The van der Waals surface area contributed by atoms with Crippen molar-refractivity contribution >= 4 is 75.8 Å². The Morgan fingerprint density at radius 3 is 1.28 bits per heavy atom. The fourth-order valence-electron chi connectivity index (χ4n) is 9.16. The zero-order valence-corrected chi connectivity index (χ0v) is 50.0. The summed E-state index contributed by atoms with van der Waals surface area (Å²) >= 11 is 0. The molecule has 1 fully saturated rings. The third-order valence-electron chi connectivity index (χ3n) is 14.4. The number of unbranched alkanes of at least 4 members (excludes halogenated alkanes) is 3. The standard InChI is InChI=1S/C64H86N10O9/c1-9-17-21-45(14-6)43-81-59(76)47-36-46(58(75)80-42-44(13-5)20-12-4)38-54(39-47)72-70-52-28-24-50(25-29-52)65-62-67-63(69-64(68-62)74-32-34-79-35-33-74)66-51-26-30-53(31-27-51)71-73-55-40-48(60(77)82-56(15-7)22-18-10-2)37-49(41-55)61(78)83-57(16-8)23-19-11-3/h24-31,36-41,44-45,56-57H,9-23,32-35,42-43H2,1-8H3,(H2,65,66,67,68,69). The zero-order valence-electron chi connectivity index (χ0n) is 50.0. The second-order valence-corrected chi connectivity index (χ2v) is 21.0. The Hall–Kier alpha value is -7.67. The predicted molar refractivity (Wildman–Crippen MR) is 324 cm³/mol. The largest absolute Gasteiger partial charge is 0.462 e. The number of nitrogens with one attached hydrogen (secondary N) is 2. The molecule has 0 saturated carbocycles. The molecule has 4 atom stereocenters. The Balaban J connectivity index is 1.18. The topological polar surface area (TPSA) is 230 Å². The minimum absolute atomic E-state index is 0.195. The molecule has 0 bridgehead atoms. The molecule has 1 aliphatic heterocycles. The maximum absolute atomic E-state index is 13.5. The number of azo groups is 2. The molecule has 2 heterocycles. The van der Waals surface area contributed by atoms with E-state index in [0.29, 0.717) is 85.8 Å². The highest BCUT2D eigenvalue weighted by Crippen LogP contribution is 2.29. The van der Waals surface area contributed by atoms with Crippen LogP contribution in [0.2, 0.25) is 0 Å². The molecule has 4 aromatic carbocycles. The highest BCUT2D eigenvalue weighted by atomic mass is 16.6. The van der Waals surface area contributed by atoms with Gasteiger partial charge in [0.1, 0.15) is 12.2 Å². The Kier molecular flexibility index (Phi) is 27.0. The van der Waals surface area contributed by atoms with Crippen molar-refractivity contribution < 1.29 is 42.9 Å². The molecule has 0 aliphatic carbocycles. The van der Waals surface area contributed by atoms with E-state index in [-0.39, 0.29) is 64.8 Å². The summed E-state index contributed by atoms with van der Waals surface area (Å²) < 4.78 is 28.9. The molecular formula is C64H86N10O9. The Morgan fingerprint density at radius 2 is 0.880 bits per heavy atom. The van der Waals surface area contributed by atoms with Gasteiger partial charge in [0.25, 0.3) is 0 Å². The van der Waals surface area contributed by atoms with Crippen LogP contribution < -0.4 is 15.5 Å². The van der Waals surface area contributed by atoms with Gasteiger partial charge >= 0.3 is 23.9 Å². The van der Waals surface area contributed by atoms with E-state index < -0.39 is 23.9 Å². The number of hydrogen-bond acceptors (Lipinski definition) is 19. The number of anilines is 5. The smallest absolute Gasteiger partial charge is 0.338 e. The molecular weight excluding hydrogens is 1050 g/mol. The number of morpholine rings is 1. The van der Waals surface area contributed by atoms with Crippen LogP contribution in [-0.2, 0) is 23.7 Å². The van der Waals surface area contributed by atoms with Crippen LogP contribution in [0, 0.1) is 11.8 Å². The first-order valence-corrected chi connectivity index (χ1v) is 30.1. The number of benzene rings is 4. The van der Waals surface area contributed by atoms with Gasteiger partial charge in [-0.2, -0.15) is 35.4 Å². The molecule has 19 heteroatoms. The lowest BCUT2D eigenvalue weighted by Gasteiger charge is -2.27. The summed E-state index contributed by atoms with van der Waals surface area (Å²) in [7, 11) is 0. The van der Waals surface area contributed by atoms with Gasteiger partial charge in [-0.05, 0) is 135 Å². The number of ether oxygens (including phenoxy) is 5. The maximum atomic E-state index is 13.5. The van der Waals surface area contributed by atoms with E-state index >= 15 is 0 Å². The highest BCUT2D eigenvalue weighted by molar-refractivity contribution is 5.98. The summed E-state index contributed by atoms with van der Waals surface area (Å²) in [4.78, 5) is 70.2. The number of hydrogen-bond donors (Lipinski definition) is 2. The average Bonchev–Trinajstić information content (AvgIpc) is 3.68. The van der Waals surface area contributed by atoms with Crippen LogP contribution in [-0.4, -0.2) is 90.6 Å². The quantitative estimate of drug-likeness (QED) is 0.0222. The Labute approximate surface area is 490 Å². The molecule has 2 N–H and O–H groups in total. The lowest BCUT2D eigenvalue weighted by molar-refractivity contribution is 0.0264. The predicted octanol–water partition coefficient (Wildman–Crippen LogP) is 16.6. The van der Waals surface area contributed by atoms with Gasteiger partial charge in [0, 0.05) is 24.5 Å². The first kappa shape index (κ1) is 64.5. The van der Waals surface area contributed by atoms with Crippen molar-refractivity contribution in [3.8, 4) is 0 Å². The summed E-state index contributed by atoms with van der Waals surface area (Å²) in [6.07, 6.45) is 13.0. The summed E-state index contributed by atoms with van der Waals surface area (Å²) in [5.74, 6) is -0.619. The van der Waals surface area contributed by atoms with Crippen LogP contribution in [0.4, 0.5) is 52.0 Å². The Morgan fingerprint density at radius 1 is 0.482 bits per heavy atom. The zero-order chi connectivity index (χ0) is 59.3. The summed E-state index contributed by atoms with van der Waals surface area (Å²) in [6.45, 7) is 19.4. The van der Waals surface area contributed by atoms with Crippen molar-refractivity contribution in [2.45, 2.75) is 164 Å². The van der Waals surface area contributed by atoms with E-state index in [1.807, 2.05) is 43.0 Å². The molecule has 6 rings (SSSR count). The van der Waals surface area contributed by atoms with E-state index in [9.17, 15) is 19.2 Å². The van der Waals surface area contributed by atoms with Gasteiger partial charge in [-0.25, -0.2) is 19.2 Å². The van der Waals surface area contributed by atoms with Crippen molar-refractivity contribution in [3.05, 3.63) is 107 Å². The molecule has 5 aromatic rings. The molecule has 1 saturated heterocycles. The molecule has 19 nitrogen and oxygen atoms in total. The minimum atomic E-state index is -0.539. The van der Waals surface area contributed by atoms with E-state index in [1.54, 1.807) is 48.5 Å². The lowest BCUT2D eigenvalue weighted by Crippen LogP contribution is -2.37. The van der Waals surface area contributed by atoms with Gasteiger partial charge in [0.2, 0.25) is 17.8 Å². The van der Waals surface area contributed by atoms with Gasteiger partial charge in [-0.15, -0.1) is 0 Å². The number of esters is 4. The number of carbonyl (C=O) groups excluding carboxylic acids is 4. The molecule has 446 valence electrons. The van der Waals surface area contributed by atoms with Gasteiger partial charge in [-0.1, -0.05) is 113 Å².